The Labute approximate surface area is 147 Å². The molecule has 0 amide bonds. The zero-order valence-electron chi connectivity index (χ0n) is 14.6. The van der Waals surface area contributed by atoms with Crippen molar-refractivity contribution in [1.29, 1.82) is 0 Å². The van der Waals surface area contributed by atoms with Crippen LogP contribution in [-0.4, -0.2) is 31.1 Å². The summed E-state index contributed by atoms with van der Waals surface area (Å²) < 4.78 is 10.8. The van der Waals surface area contributed by atoms with Crippen LogP contribution in [0.2, 0.25) is 0 Å². The van der Waals surface area contributed by atoms with E-state index in [-0.39, 0.29) is 6.79 Å². The molecule has 128 valence electrons. The molecule has 0 aliphatic rings. The van der Waals surface area contributed by atoms with Gasteiger partial charge in [-0.05, 0) is 41.8 Å². The molecule has 3 aromatic rings. The molecular weight excluding hydrogens is 315 g/mol. The van der Waals surface area contributed by atoms with Crippen LogP contribution < -0.4 is 10.2 Å². The van der Waals surface area contributed by atoms with Gasteiger partial charge in [0.15, 0.2) is 6.79 Å². The fraction of sp³-hybridized carbons (Fsp3) is 0.200. The van der Waals surface area contributed by atoms with Crippen LogP contribution in [0, 0.1) is 13.8 Å². The zero-order valence-corrected chi connectivity index (χ0v) is 14.6. The maximum Gasteiger partial charge on any atom is 0.492 e. The second kappa shape index (κ2) is 7.27. The number of methoxy groups -OCH3 is 1. The van der Waals surface area contributed by atoms with Crippen molar-refractivity contribution in [2.24, 2.45) is 0 Å². The molecular formula is C20H21BO4. The molecule has 0 aromatic heterocycles. The van der Waals surface area contributed by atoms with E-state index in [0.717, 1.165) is 33.0 Å². The predicted octanol–water partition coefficient (Wildman–Crippen LogP) is 2.79. The number of hydrogen-bond donors (Lipinski definition) is 2. The first-order valence-electron chi connectivity index (χ1n) is 8.14. The van der Waals surface area contributed by atoms with Gasteiger partial charge in [0, 0.05) is 18.1 Å². The first-order valence-corrected chi connectivity index (χ1v) is 8.14. The first-order chi connectivity index (χ1) is 12.0. The van der Waals surface area contributed by atoms with E-state index in [4.69, 9.17) is 9.47 Å². The van der Waals surface area contributed by atoms with Crippen LogP contribution in [0.5, 0.6) is 5.75 Å². The predicted molar refractivity (Wildman–Crippen MR) is 101 cm³/mol. The number of rotatable bonds is 5. The lowest BCUT2D eigenvalue weighted by Crippen LogP contribution is -2.32. The Kier molecular flexibility index (Phi) is 5.09. The van der Waals surface area contributed by atoms with Gasteiger partial charge in [-0.2, -0.15) is 0 Å². The largest absolute Gasteiger partial charge is 0.492 e. The highest BCUT2D eigenvalue weighted by Crippen LogP contribution is 2.37. The van der Waals surface area contributed by atoms with Gasteiger partial charge in [-0.3, -0.25) is 0 Å². The molecule has 5 heteroatoms. The summed E-state index contributed by atoms with van der Waals surface area (Å²) in [6.45, 7) is 3.99. The lowest BCUT2D eigenvalue weighted by molar-refractivity contribution is 0.0521. The van der Waals surface area contributed by atoms with Gasteiger partial charge in [0.2, 0.25) is 0 Å². The summed E-state index contributed by atoms with van der Waals surface area (Å²) in [6, 6.07) is 16.0. The van der Waals surface area contributed by atoms with E-state index < -0.39 is 7.12 Å². The molecule has 0 aliphatic carbocycles. The summed E-state index contributed by atoms with van der Waals surface area (Å²) >= 11 is 0. The molecule has 0 unspecified atom stereocenters. The average molecular weight is 336 g/mol. The van der Waals surface area contributed by atoms with Gasteiger partial charge >= 0.3 is 7.12 Å². The molecule has 0 fully saturated rings. The Morgan fingerprint density at radius 1 is 1.00 bits per heavy atom. The number of benzene rings is 3. The highest BCUT2D eigenvalue weighted by Gasteiger charge is 2.23. The second-order valence-electron chi connectivity index (χ2n) is 6.13. The van der Waals surface area contributed by atoms with E-state index in [9.17, 15) is 10.0 Å². The van der Waals surface area contributed by atoms with Crippen molar-refractivity contribution in [3.63, 3.8) is 0 Å². The molecule has 0 spiro atoms. The topological polar surface area (TPSA) is 58.9 Å². The summed E-state index contributed by atoms with van der Waals surface area (Å²) in [5, 5.41) is 21.8. The van der Waals surface area contributed by atoms with E-state index in [1.165, 1.54) is 7.11 Å². The lowest BCUT2D eigenvalue weighted by Gasteiger charge is -2.19. The third kappa shape index (κ3) is 3.40. The minimum Gasteiger partial charge on any atom is -0.467 e. The summed E-state index contributed by atoms with van der Waals surface area (Å²) in [5.41, 5.74) is 4.20. The SMILES string of the molecule is COCOc1c(B(O)O)cc(C)cc1-c1c(C)ccc2ccccc12. The third-order valence-corrected chi connectivity index (χ3v) is 4.27. The third-order valence-electron chi connectivity index (χ3n) is 4.27. The van der Waals surface area contributed by atoms with Gasteiger partial charge < -0.3 is 19.5 Å². The summed E-state index contributed by atoms with van der Waals surface area (Å²) in [6.07, 6.45) is 0. The minimum atomic E-state index is -1.62. The van der Waals surface area contributed by atoms with Crippen LogP contribution in [0.25, 0.3) is 21.9 Å². The second-order valence-corrected chi connectivity index (χ2v) is 6.13. The molecule has 0 aliphatic heterocycles. The van der Waals surface area contributed by atoms with Crippen LogP contribution in [0.4, 0.5) is 0 Å². The van der Waals surface area contributed by atoms with E-state index >= 15 is 0 Å². The minimum absolute atomic E-state index is 0.0274. The van der Waals surface area contributed by atoms with Gasteiger partial charge in [0.25, 0.3) is 0 Å². The van der Waals surface area contributed by atoms with E-state index in [2.05, 4.69) is 24.3 Å². The van der Waals surface area contributed by atoms with Crippen molar-refractivity contribution in [1.82, 2.24) is 0 Å². The molecule has 4 nitrogen and oxygen atoms in total. The maximum absolute atomic E-state index is 9.82. The standard InChI is InChI=1S/C20H21BO4/c1-13-10-17(20(25-12-24-3)18(11-13)21(22)23)19-14(2)8-9-15-6-4-5-7-16(15)19/h4-11,22-23H,12H2,1-3H3. The molecule has 3 rings (SSSR count). The zero-order chi connectivity index (χ0) is 18.0. The number of fused-ring (bicyclic) bond motifs is 1. The van der Waals surface area contributed by atoms with Crippen LogP contribution in [-0.2, 0) is 4.74 Å². The molecule has 0 bridgehead atoms. The first kappa shape index (κ1) is 17.5. The van der Waals surface area contributed by atoms with Crippen LogP contribution in [0.15, 0.2) is 48.5 Å². The maximum atomic E-state index is 9.82. The highest BCUT2D eigenvalue weighted by molar-refractivity contribution is 6.60. The van der Waals surface area contributed by atoms with E-state index in [1.807, 2.05) is 32.0 Å². The Balaban J connectivity index is 2.35. The Morgan fingerprint density at radius 3 is 2.48 bits per heavy atom. The van der Waals surface area contributed by atoms with Crippen molar-refractivity contribution in [3.05, 3.63) is 59.7 Å². The van der Waals surface area contributed by atoms with Gasteiger partial charge in [-0.1, -0.05) is 48.0 Å². The van der Waals surface area contributed by atoms with Crippen molar-refractivity contribution in [3.8, 4) is 16.9 Å². The molecule has 2 N–H and O–H groups in total. The Morgan fingerprint density at radius 2 is 1.76 bits per heavy atom. The Hall–Kier alpha value is -2.34. The van der Waals surface area contributed by atoms with E-state index in [0.29, 0.717) is 11.2 Å². The lowest BCUT2D eigenvalue weighted by atomic mass is 9.76. The van der Waals surface area contributed by atoms with Crippen molar-refractivity contribution in [2.75, 3.05) is 13.9 Å². The molecule has 3 aromatic carbocycles. The quantitative estimate of drug-likeness (QED) is 0.556. The summed E-state index contributed by atoms with van der Waals surface area (Å²) in [5.74, 6) is 0.432. The molecule has 0 atom stereocenters. The summed E-state index contributed by atoms with van der Waals surface area (Å²) in [7, 11) is -0.0905. The van der Waals surface area contributed by atoms with Crippen LogP contribution in [0.3, 0.4) is 0 Å². The monoisotopic (exact) mass is 336 g/mol. The van der Waals surface area contributed by atoms with Gasteiger partial charge in [-0.15, -0.1) is 0 Å². The van der Waals surface area contributed by atoms with Crippen molar-refractivity contribution < 1.29 is 19.5 Å². The fourth-order valence-electron chi connectivity index (χ4n) is 3.20. The van der Waals surface area contributed by atoms with Crippen LogP contribution >= 0.6 is 0 Å². The average Bonchev–Trinajstić information content (AvgIpc) is 2.60. The molecule has 25 heavy (non-hydrogen) atoms. The molecule has 0 saturated carbocycles. The van der Waals surface area contributed by atoms with Crippen LogP contribution in [0.1, 0.15) is 11.1 Å². The van der Waals surface area contributed by atoms with Gasteiger partial charge in [-0.25, -0.2) is 0 Å². The van der Waals surface area contributed by atoms with Gasteiger partial charge in [0.1, 0.15) is 5.75 Å². The highest BCUT2D eigenvalue weighted by atomic mass is 16.7. The van der Waals surface area contributed by atoms with Gasteiger partial charge in [0.05, 0.1) is 0 Å². The number of aryl methyl sites for hydroxylation is 2. The number of hydrogen-bond acceptors (Lipinski definition) is 4. The normalized spacial score (nSPS) is 10.9. The fourth-order valence-corrected chi connectivity index (χ4v) is 3.20. The van der Waals surface area contributed by atoms with Crippen molar-refractivity contribution in [2.45, 2.75) is 13.8 Å². The molecule has 0 radical (unpaired) electrons. The smallest absolute Gasteiger partial charge is 0.467 e. The Bertz CT molecular complexity index is 906. The van der Waals surface area contributed by atoms with E-state index in [1.54, 1.807) is 6.07 Å². The summed E-state index contributed by atoms with van der Waals surface area (Å²) in [4.78, 5) is 0. The molecule has 0 saturated heterocycles. The molecule has 0 heterocycles. The van der Waals surface area contributed by atoms with Crippen molar-refractivity contribution >= 4 is 23.4 Å². The number of ether oxygens (including phenoxy) is 2.